The van der Waals surface area contributed by atoms with Gasteiger partial charge in [0.25, 0.3) is 0 Å². The molecule has 1 aromatic carbocycles. The molecule has 0 aliphatic heterocycles. The molecule has 1 unspecified atom stereocenters. The molecule has 4 N–H and O–H groups in total. The standard InChI is InChI=1S/C14H16N6O/c1-20-14(17-8-18-20)19-13(21)11(15)6-9-7-16-12-5-3-2-4-10(9)12/h2-5,7-8,11,16H,6,15H2,1H3,(H,17,18,19,21). The summed E-state index contributed by atoms with van der Waals surface area (Å²) < 4.78 is 1.48. The van der Waals surface area contributed by atoms with E-state index in [1.165, 1.54) is 11.0 Å². The third-order valence-corrected chi connectivity index (χ3v) is 3.40. The number of carbonyl (C=O) groups excluding carboxylic acids is 1. The van der Waals surface area contributed by atoms with Crippen molar-refractivity contribution in [1.29, 1.82) is 0 Å². The summed E-state index contributed by atoms with van der Waals surface area (Å²) in [5, 5.41) is 7.64. The summed E-state index contributed by atoms with van der Waals surface area (Å²) in [6.07, 6.45) is 3.72. The Bertz CT molecular complexity index is 774. The molecule has 0 fully saturated rings. The maximum Gasteiger partial charge on any atom is 0.243 e. The van der Waals surface area contributed by atoms with Crippen LogP contribution in [0.5, 0.6) is 0 Å². The van der Waals surface area contributed by atoms with Crippen LogP contribution in [-0.4, -0.2) is 31.7 Å². The second-order valence-electron chi connectivity index (χ2n) is 4.87. The molecule has 3 rings (SSSR count). The molecule has 7 heteroatoms. The number of para-hydroxylation sites is 1. The van der Waals surface area contributed by atoms with E-state index in [2.05, 4.69) is 20.4 Å². The summed E-state index contributed by atoms with van der Waals surface area (Å²) in [5.41, 5.74) is 8.04. The lowest BCUT2D eigenvalue weighted by Gasteiger charge is -2.11. The van der Waals surface area contributed by atoms with Crippen LogP contribution < -0.4 is 11.1 Å². The quantitative estimate of drug-likeness (QED) is 0.659. The zero-order valence-corrected chi connectivity index (χ0v) is 11.6. The predicted molar refractivity (Wildman–Crippen MR) is 79.6 cm³/mol. The van der Waals surface area contributed by atoms with Crippen LogP contribution in [0.15, 0.2) is 36.8 Å². The van der Waals surface area contributed by atoms with E-state index in [4.69, 9.17) is 5.73 Å². The van der Waals surface area contributed by atoms with Crippen molar-refractivity contribution in [3.8, 4) is 0 Å². The first kappa shape index (κ1) is 13.3. The second-order valence-corrected chi connectivity index (χ2v) is 4.87. The van der Waals surface area contributed by atoms with Crippen molar-refractivity contribution in [2.75, 3.05) is 5.32 Å². The number of benzene rings is 1. The summed E-state index contributed by atoms with van der Waals surface area (Å²) in [6.45, 7) is 0. The van der Waals surface area contributed by atoms with Crippen molar-refractivity contribution in [1.82, 2.24) is 19.7 Å². The normalized spacial score (nSPS) is 12.5. The fourth-order valence-electron chi connectivity index (χ4n) is 2.24. The van der Waals surface area contributed by atoms with Crippen LogP contribution in [-0.2, 0) is 18.3 Å². The van der Waals surface area contributed by atoms with Crippen molar-refractivity contribution >= 4 is 22.8 Å². The Morgan fingerprint density at radius 2 is 2.29 bits per heavy atom. The number of amides is 1. The summed E-state index contributed by atoms with van der Waals surface area (Å²) >= 11 is 0. The molecule has 0 spiro atoms. The topological polar surface area (TPSA) is 102 Å². The average molecular weight is 284 g/mol. The number of nitrogens with two attached hydrogens (primary N) is 1. The van der Waals surface area contributed by atoms with Crippen molar-refractivity contribution < 1.29 is 4.79 Å². The highest BCUT2D eigenvalue weighted by Crippen LogP contribution is 2.18. The number of hydrogen-bond acceptors (Lipinski definition) is 4. The number of aromatic nitrogens is 4. The summed E-state index contributed by atoms with van der Waals surface area (Å²) in [6, 6.07) is 7.27. The van der Waals surface area contributed by atoms with Gasteiger partial charge >= 0.3 is 0 Å². The van der Waals surface area contributed by atoms with Crippen molar-refractivity contribution in [3.05, 3.63) is 42.4 Å². The molecular weight excluding hydrogens is 268 g/mol. The number of carbonyl (C=O) groups is 1. The molecule has 0 bridgehead atoms. The van der Waals surface area contributed by atoms with E-state index in [1.807, 2.05) is 30.5 Å². The molecule has 0 saturated heterocycles. The van der Waals surface area contributed by atoms with Crippen LogP contribution in [0.3, 0.4) is 0 Å². The van der Waals surface area contributed by atoms with Gasteiger partial charge in [0.05, 0.1) is 6.04 Å². The number of anilines is 1. The average Bonchev–Trinajstić information content (AvgIpc) is 3.07. The van der Waals surface area contributed by atoms with E-state index in [-0.39, 0.29) is 5.91 Å². The van der Waals surface area contributed by atoms with Gasteiger partial charge in [0.15, 0.2) is 0 Å². The van der Waals surface area contributed by atoms with Crippen LogP contribution in [0.2, 0.25) is 0 Å². The second kappa shape index (κ2) is 5.37. The molecule has 108 valence electrons. The number of aryl methyl sites for hydroxylation is 1. The van der Waals surface area contributed by atoms with Crippen molar-refractivity contribution in [3.63, 3.8) is 0 Å². The Morgan fingerprint density at radius 3 is 3.05 bits per heavy atom. The van der Waals surface area contributed by atoms with Gasteiger partial charge in [-0.25, -0.2) is 4.68 Å². The van der Waals surface area contributed by atoms with E-state index < -0.39 is 6.04 Å². The molecular formula is C14H16N6O. The van der Waals surface area contributed by atoms with Crippen LogP contribution in [0, 0.1) is 0 Å². The van der Waals surface area contributed by atoms with Gasteiger partial charge in [-0.2, -0.15) is 10.1 Å². The Kier molecular flexibility index (Phi) is 3.41. The number of nitrogens with zero attached hydrogens (tertiary/aromatic N) is 3. The third-order valence-electron chi connectivity index (χ3n) is 3.40. The minimum atomic E-state index is -0.652. The molecule has 3 aromatic rings. The number of H-pyrrole nitrogens is 1. The van der Waals surface area contributed by atoms with Crippen LogP contribution in [0.25, 0.3) is 10.9 Å². The Hall–Kier alpha value is -2.67. The summed E-state index contributed by atoms with van der Waals surface area (Å²) in [4.78, 5) is 19.2. The first-order valence-corrected chi connectivity index (χ1v) is 6.60. The first-order valence-electron chi connectivity index (χ1n) is 6.60. The largest absolute Gasteiger partial charge is 0.361 e. The molecule has 7 nitrogen and oxygen atoms in total. The number of aromatic amines is 1. The SMILES string of the molecule is Cn1ncnc1NC(=O)C(N)Cc1c[nH]c2ccccc12. The van der Waals surface area contributed by atoms with E-state index in [0.717, 1.165) is 16.5 Å². The maximum atomic E-state index is 12.1. The third kappa shape index (κ3) is 2.63. The smallest absolute Gasteiger partial charge is 0.243 e. The fourth-order valence-corrected chi connectivity index (χ4v) is 2.24. The van der Waals surface area contributed by atoms with Crippen LogP contribution >= 0.6 is 0 Å². The molecule has 0 radical (unpaired) electrons. The maximum absolute atomic E-state index is 12.1. The molecule has 0 aliphatic carbocycles. The van der Waals surface area contributed by atoms with Gasteiger partial charge < -0.3 is 10.7 Å². The lowest BCUT2D eigenvalue weighted by molar-refractivity contribution is -0.117. The monoisotopic (exact) mass is 284 g/mol. The minimum Gasteiger partial charge on any atom is -0.361 e. The molecule has 21 heavy (non-hydrogen) atoms. The number of rotatable bonds is 4. The van der Waals surface area contributed by atoms with E-state index in [9.17, 15) is 4.79 Å². The lowest BCUT2D eigenvalue weighted by Crippen LogP contribution is -2.38. The van der Waals surface area contributed by atoms with Gasteiger partial charge in [-0.1, -0.05) is 18.2 Å². The lowest BCUT2D eigenvalue weighted by atomic mass is 10.1. The highest BCUT2D eigenvalue weighted by Gasteiger charge is 2.17. The Balaban J connectivity index is 1.72. The van der Waals surface area contributed by atoms with Crippen molar-refractivity contribution in [2.24, 2.45) is 12.8 Å². The first-order chi connectivity index (χ1) is 10.1. The number of fused-ring (bicyclic) bond motifs is 1. The number of hydrogen-bond donors (Lipinski definition) is 3. The zero-order chi connectivity index (χ0) is 14.8. The van der Waals surface area contributed by atoms with Gasteiger partial charge in [0, 0.05) is 24.1 Å². The Labute approximate surface area is 121 Å². The van der Waals surface area contributed by atoms with E-state index >= 15 is 0 Å². The molecule has 0 saturated carbocycles. The molecule has 2 heterocycles. The number of nitrogens with one attached hydrogen (secondary N) is 2. The van der Waals surface area contributed by atoms with Gasteiger partial charge in [-0.15, -0.1) is 0 Å². The van der Waals surface area contributed by atoms with Crippen molar-refractivity contribution in [2.45, 2.75) is 12.5 Å². The predicted octanol–water partition coefficient (Wildman–Crippen LogP) is 0.805. The van der Waals surface area contributed by atoms with Gasteiger partial charge in [-0.05, 0) is 18.1 Å². The minimum absolute atomic E-state index is 0.281. The van der Waals surface area contributed by atoms with Gasteiger partial charge in [-0.3, -0.25) is 10.1 Å². The van der Waals surface area contributed by atoms with Crippen LogP contribution in [0.1, 0.15) is 5.56 Å². The molecule has 2 aromatic heterocycles. The van der Waals surface area contributed by atoms with E-state index in [1.54, 1.807) is 7.05 Å². The van der Waals surface area contributed by atoms with E-state index in [0.29, 0.717) is 12.4 Å². The van der Waals surface area contributed by atoms with Gasteiger partial charge in [0.2, 0.25) is 11.9 Å². The Morgan fingerprint density at radius 1 is 1.48 bits per heavy atom. The van der Waals surface area contributed by atoms with Crippen LogP contribution in [0.4, 0.5) is 5.95 Å². The highest BCUT2D eigenvalue weighted by molar-refractivity contribution is 5.94. The highest BCUT2D eigenvalue weighted by atomic mass is 16.2. The molecule has 0 aliphatic rings. The fraction of sp³-hybridized carbons (Fsp3) is 0.214. The molecule has 1 atom stereocenters. The summed E-state index contributed by atoms with van der Waals surface area (Å²) in [5.74, 6) is 0.103. The van der Waals surface area contributed by atoms with Gasteiger partial charge in [0.1, 0.15) is 6.33 Å². The molecule has 1 amide bonds. The summed E-state index contributed by atoms with van der Waals surface area (Å²) in [7, 11) is 1.70. The zero-order valence-electron chi connectivity index (χ0n) is 11.6.